The second-order valence-corrected chi connectivity index (χ2v) is 8.74. The number of rotatable bonds is 5. The van der Waals surface area contributed by atoms with Crippen LogP contribution >= 0.6 is 11.6 Å². The third-order valence-electron chi connectivity index (χ3n) is 6.00. The molecule has 0 bridgehead atoms. The third kappa shape index (κ3) is 4.76. The average Bonchev–Trinajstić information content (AvgIpc) is 3.23. The van der Waals surface area contributed by atoms with Crippen LogP contribution in [0.25, 0.3) is 11.3 Å². The van der Waals surface area contributed by atoms with Gasteiger partial charge in [-0.05, 0) is 66.2 Å². The molecule has 35 heavy (non-hydrogen) atoms. The molecule has 0 saturated carbocycles. The number of benzene rings is 3. The molecule has 6 nitrogen and oxygen atoms in total. The minimum absolute atomic E-state index is 0.254. The van der Waals surface area contributed by atoms with Gasteiger partial charge >= 0.3 is 0 Å². The summed E-state index contributed by atoms with van der Waals surface area (Å²) in [7, 11) is 0. The Balaban J connectivity index is 1.46. The second-order valence-electron chi connectivity index (χ2n) is 8.30. The number of anilines is 2. The van der Waals surface area contributed by atoms with E-state index < -0.39 is 6.04 Å². The molecule has 1 amide bonds. The maximum absolute atomic E-state index is 13.6. The number of fused-ring (bicyclic) bond motifs is 1. The molecule has 0 fully saturated rings. The Morgan fingerprint density at radius 1 is 0.943 bits per heavy atom. The maximum Gasteiger partial charge on any atom is 0.244 e. The number of hydrogen-bond acceptors (Lipinski definition) is 4. The van der Waals surface area contributed by atoms with E-state index in [4.69, 9.17) is 22.3 Å². The van der Waals surface area contributed by atoms with Crippen molar-refractivity contribution in [2.75, 3.05) is 11.9 Å². The third-order valence-corrected chi connectivity index (χ3v) is 6.26. The van der Waals surface area contributed by atoms with E-state index in [0.717, 1.165) is 17.1 Å². The lowest BCUT2D eigenvalue weighted by Crippen LogP contribution is -2.43. The standard InChI is InChI=1S/C26H22ClF2N5O/c27-18-5-11-21(12-6-18)31-25-24(17-3-9-20(29)10-4-17)32-22-15-33(13-14-34(22)25)26(35)23(30)16-1-7-19(28)8-2-16/h1-12,23,31H,13-15,30H2/t23-/m0/s1. The van der Waals surface area contributed by atoms with Crippen LogP contribution < -0.4 is 11.1 Å². The van der Waals surface area contributed by atoms with Crippen molar-refractivity contribution in [3.63, 3.8) is 0 Å². The number of amides is 1. The zero-order valence-electron chi connectivity index (χ0n) is 18.6. The first-order valence-corrected chi connectivity index (χ1v) is 11.4. The van der Waals surface area contributed by atoms with Gasteiger partial charge < -0.3 is 20.5 Å². The van der Waals surface area contributed by atoms with E-state index >= 15 is 0 Å². The number of halogens is 3. The zero-order chi connectivity index (χ0) is 24.5. The fourth-order valence-corrected chi connectivity index (χ4v) is 4.26. The Morgan fingerprint density at radius 3 is 2.23 bits per heavy atom. The van der Waals surface area contributed by atoms with Gasteiger partial charge in [0.05, 0.1) is 6.54 Å². The van der Waals surface area contributed by atoms with E-state index in [9.17, 15) is 13.6 Å². The van der Waals surface area contributed by atoms with Crippen molar-refractivity contribution < 1.29 is 13.6 Å². The normalized spacial score (nSPS) is 13.9. The van der Waals surface area contributed by atoms with E-state index in [-0.39, 0.29) is 24.1 Å². The summed E-state index contributed by atoms with van der Waals surface area (Å²) in [5, 5.41) is 4.02. The Bertz CT molecular complexity index is 1350. The molecule has 4 aromatic rings. The van der Waals surface area contributed by atoms with E-state index in [0.29, 0.717) is 35.2 Å². The summed E-state index contributed by atoms with van der Waals surface area (Å²) in [4.78, 5) is 19.6. The molecule has 0 unspecified atom stereocenters. The van der Waals surface area contributed by atoms with Gasteiger partial charge in [-0.3, -0.25) is 4.79 Å². The molecule has 2 heterocycles. The van der Waals surface area contributed by atoms with Crippen molar-refractivity contribution in [1.82, 2.24) is 14.5 Å². The Hall–Kier alpha value is -3.75. The van der Waals surface area contributed by atoms with E-state index in [1.54, 1.807) is 29.2 Å². The summed E-state index contributed by atoms with van der Waals surface area (Å²) >= 11 is 6.03. The smallest absolute Gasteiger partial charge is 0.244 e. The second kappa shape index (κ2) is 9.48. The van der Waals surface area contributed by atoms with Crippen LogP contribution in [0.5, 0.6) is 0 Å². The lowest BCUT2D eigenvalue weighted by molar-refractivity contribution is -0.134. The predicted octanol–water partition coefficient (Wildman–Crippen LogP) is 5.27. The molecule has 1 aliphatic heterocycles. The zero-order valence-corrected chi connectivity index (χ0v) is 19.3. The van der Waals surface area contributed by atoms with Crippen LogP contribution in [0.15, 0.2) is 72.8 Å². The number of nitrogens with one attached hydrogen (secondary N) is 1. The molecule has 3 N–H and O–H groups in total. The monoisotopic (exact) mass is 493 g/mol. The van der Waals surface area contributed by atoms with Gasteiger partial charge in [-0.2, -0.15) is 0 Å². The average molecular weight is 494 g/mol. The molecule has 0 saturated heterocycles. The van der Waals surface area contributed by atoms with E-state index in [1.165, 1.54) is 36.4 Å². The molecule has 3 aromatic carbocycles. The van der Waals surface area contributed by atoms with Crippen molar-refractivity contribution in [2.45, 2.75) is 19.1 Å². The molecule has 0 radical (unpaired) electrons. The summed E-state index contributed by atoms with van der Waals surface area (Å²) in [6.07, 6.45) is 0. The van der Waals surface area contributed by atoms with Gasteiger partial charge in [0, 0.05) is 29.4 Å². The minimum Gasteiger partial charge on any atom is -0.340 e. The lowest BCUT2D eigenvalue weighted by Gasteiger charge is -2.30. The van der Waals surface area contributed by atoms with E-state index in [1.807, 2.05) is 16.7 Å². The van der Waals surface area contributed by atoms with Gasteiger partial charge in [-0.25, -0.2) is 13.8 Å². The van der Waals surface area contributed by atoms with Crippen LogP contribution in [-0.2, 0) is 17.9 Å². The summed E-state index contributed by atoms with van der Waals surface area (Å²) < 4.78 is 28.8. The molecule has 1 atom stereocenters. The van der Waals surface area contributed by atoms with Crippen LogP contribution in [0, 0.1) is 11.6 Å². The topological polar surface area (TPSA) is 76.2 Å². The number of imidazole rings is 1. The van der Waals surface area contributed by atoms with Crippen molar-refractivity contribution in [2.24, 2.45) is 5.73 Å². The van der Waals surface area contributed by atoms with Crippen LogP contribution in [0.3, 0.4) is 0 Å². The number of nitrogens with zero attached hydrogens (tertiary/aromatic N) is 3. The van der Waals surface area contributed by atoms with Gasteiger partial charge in [-0.1, -0.05) is 23.7 Å². The molecule has 0 spiro atoms. The van der Waals surface area contributed by atoms with Crippen molar-refractivity contribution in [3.8, 4) is 11.3 Å². The fourth-order valence-electron chi connectivity index (χ4n) is 4.13. The molecule has 9 heteroatoms. The Kier molecular flexibility index (Phi) is 6.23. The molecule has 1 aromatic heterocycles. The number of nitrogens with two attached hydrogens (primary N) is 1. The van der Waals surface area contributed by atoms with Crippen LogP contribution in [-0.4, -0.2) is 26.9 Å². The molecular formula is C26H22ClF2N5O. The van der Waals surface area contributed by atoms with Gasteiger partial charge in [-0.15, -0.1) is 0 Å². The van der Waals surface area contributed by atoms with Crippen molar-refractivity contribution in [1.29, 1.82) is 0 Å². The van der Waals surface area contributed by atoms with Gasteiger partial charge in [0.25, 0.3) is 0 Å². The van der Waals surface area contributed by atoms with Gasteiger partial charge in [0.1, 0.15) is 35.0 Å². The summed E-state index contributed by atoms with van der Waals surface area (Å²) in [6.45, 7) is 1.17. The fraction of sp³-hybridized carbons (Fsp3) is 0.154. The lowest BCUT2D eigenvalue weighted by atomic mass is 10.1. The highest BCUT2D eigenvalue weighted by atomic mass is 35.5. The number of carbonyl (C=O) groups excluding carboxylic acids is 1. The highest BCUT2D eigenvalue weighted by molar-refractivity contribution is 6.30. The Morgan fingerprint density at radius 2 is 1.57 bits per heavy atom. The molecule has 5 rings (SSSR count). The Labute approximate surface area is 206 Å². The highest BCUT2D eigenvalue weighted by Crippen LogP contribution is 2.34. The molecule has 1 aliphatic rings. The van der Waals surface area contributed by atoms with Gasteiger partial charge in [0.2, 0.25) is 5.91 Å². The summed E-state index contributed by atoms with van der Waals surface area (Å²) in [5.41, 5.74) is 8.94. The van der Waals surface area contributed by atoms with E-state index in [2.05, 4.69) is 5.32 Å². The van der Waals surface area contributed by atoms with Crippen LogP contribution in [0.2, 0.25) is 5.02 Å². The SMILES string of the molecule is N[C@H](C(=O)N1CCn2c(nc(-c3ccc(F)cc3)c2Nc2ccc(Cl)cc2)C1)c1ccc(F)cc1. The quantitative estimate of drug-likeness (QED) is 0.397. The predicted molar refractivity (Wildman–Crippen MR) is 131 cm³/mol. The molecule has 178 valence electrons. The van der Waals surface area contributed by atoms with Crippen molar-refractivity contribution in [3.05, 3.63) is 101 Å². The van der Waals surface area contributed by atoms with Gasteiger partial charge in [0.15, 0.2) is 0 Å². The number of aromatic nitrogens is 2. The number of hydrogen-bond donors (Lipinski definition) is 2. The maximum atomic E-state index is 13.6. The van der Waals surface area contributed by atoms with Crippen LogP contribution in [0.1, 0.15) is 17.4 Å². The van der Waals surface area contributed by atoms with Crippen LogP contribution in [0.4, 0.5) is 20.3 Å². The minimum atomic E-state index is -0.902. The molecular weight excluding hydrogens is 472 g/mol. The first kappa shape index (κ1) is 23.0. The number of carbonyl (C=O) groups is 1. The first-order valence-electron chi connectivity index (χ1n) is 11.1. The largest absolute Gasteiger partial charge is 0.340 e. The summed E-state index contributed by atoms with van der Waals surface area (Å²) in [5.74, 6) is 0.427. The highest BCUT2D eigenvalue weighted by Gasteiger charge is 2.30. The van der Waals surface area contributed by atoms with Crippen molar-refractivity contribution >= 4 is 29.0 Å². The molecule has 0 aliphatic carbocycles. The first-order chi connectivity index (χ1) is 16.9. The summed E-state index contributed by atoms with van der Waals surface area (Å²) in [6, 6.07) is 18.1.